The third kappa shape index (κ3) is 3.49. The van der Waals surface area contributed by atoms with Crippen LogP contribution in [0, 0.1) is 5.92 Å². The third-order valence-electron chi connectivity index (χ3n) is 7.58. The molecule has 1 aliphatic carbocycles. The Balaban J connectivity index is 1.88. The fourth-order valence-corrected chi connectivity index (χ4v) is 6.20. The van der Waals surface area contributed by atoms with Gasteiger partial charge in [-0.1, -0.05) is 58.4 Å². The van der Waals surface area contributed by atoms with E-state index in [1.807, 2.05) is 54.6 Å². The van der Waals surface area contributed by atoms with Gasteiger partial charge in [-0.2, -0.15) is 0 Å². The van der Waals surface area contributed by atoms with Crippen molar-refractivity contribution >= 4 is 21.8 Å². The second-order valence-corrected chi connectivity index (χ2v) is 10.1. The number of halogens is 1. The molecule has 0 radical (unpaired) electrons. The van der Waals surface area contributed by atoms with E-state index in [1.54, 1.807) is 12.1 Å². The van der Waals surface area contributed by atoms with Gasteiger partial charge in [0.05, 0.1) is 32.8 Å². The van der Waals surface area contributed by atoms with E-state index in [2.05, 4.69) is 15.9 Å². The summed E-state index contributed by atoms with van der Waals surface area (Å²) >= 11 is 3.48. The lowest BCUT2D eigenvalue weighted by Gasteiger charge is -2.41. The van der Waals surface area contributed by atoms with Crippen LogP contribution >= 0.6 is 15.9 Å². The maximum atomic E-state index is 13.8. The van der Waals surface area contributed by atoms with Gasteiger partial charge in [-0.25, -0.2) is 5.06 Å². The summed E-state index contributed by atoms with van der Waals surface area (Å²) < 4.78 is 18.7. The fraction of sp³-hybridized carbons (Fsp3) is 0.321. The van der Waals surface area contributed by atoms with Crippen LogP contribution in [0.2, 0.25) is 0 Å². The molecule has 0 spiro atoms. The Morgan fingerprint density at radius 2 is 1.70 bits per heavy atom. The van der Waals surface area contributed by atoms with Crippen molar-refractivity contribution in [2.45, 2.75) is 23.2 Å². The van der Waals surface area contributed by atoms with E-state index >= 15 is 0 Å². The van der Waals surface area contributed by atoms with Gasteiger partial charge < -0.3 is 24.4 Å². The summed E-state index contributed by atoms with van der Waals surface area (Å²) in [5.74, 6) is -1.41. The number of amides is 1. The van der Waals surface area contributed by atoms with Crippen molar-refractivity contribution < 1.29 is 34.1 Å². The maximum absolute atomic E-state index is 13.8. The number of hydrogen-bond donors (Lipinski definition) is 2. The number of benzene rings is 3. The molecule has 1 aliphatic heterocycles. The highest BCUT2D eigenvalue weighted by molar-refractivity contribution is 9.10. The van der Waals surface area contributed by atoms with Crippen LogP contribution in [0.3, 0.4) is 0 Å². The number of aliphatic hydroxyl groups excluding tert-OH is 1. The van der Waals surface area contributed by atoms with E-state index in [0.29, 0.717) is 22.6 Å². The van der Waals surface area contributed by atoms with Gasteiger partial charge in [0, 0.05) is 29.6 Å². The Labute approximate surface area is 223 Å². The lowest BCUT2D eigenvalue weighted by atomic mass is 9.70. The Hall–Kier alpha value is -3.11. The summed E-state index contributed by atoms with van der Waals surface area (Å²) in [7, 11) is 5.84. The van der Waals surface area contributed by atoms with Gasteiger partial charge in [0.2, 0.25) is 0 Å². The van der Waals surface area contributed by atoms with E-state index in [1.165, 1.54) is 28.4 Å². The first-order valence-electron chi connectivity index (χ1n) is 11.7. The number of fused-ring (bicyclic) bond motifs is 3. The number of methoxy groups -OCH3 is 2. The Bertz CT molecular complexity index is 1320. The largest absolute Gasteiger partial charge is 0.496 e. The second kappa shape index (κ2) is 9.33. The molecule has 0 aromatic heterocycles. The molecule has 1 saturated carbocycles. The van der Waals surface area contributed by atoms with Crippen LogP contribution < -0.4 is 14.2 Å². The lowest BCUT2D eigenvalue weighted by Crippen LogP contribution is -2.52. The number of aliphatic hydroxyl groups is 2. The van der Waals surface area contributed by atoms with Gasteiger partial charge in [-0.3, -0.25) is 9.63 Å². The highest BCUT2D eigenvalue weighted by Gasteiger charge is 2.78. The molecule has 8 nitrogen and oxygen atoms in total. The molecule has 5 unspecified atom stereocenters. The summed E-state index contributed by atoms with van der Waals surface area (Å²) in [6.45, 7) is 0. The van der Waals surface area contributed by atoms with Crippen molar-refractivity contribution in [1.29, 1.82) is 0 Å². The minimum absolute atomic E-state index is 0.252. The number of carbonyl (C=O) groups is 1. The molecule has 9 heteroatoms. The molecule has 1 amide bonds. The van der Waals surface area contributed by atoms with Crippen LogP contribution in [0.4, 0.5) is 0 Å². The zero-order valence-corrected chi connectivity index (χ0v) is 22.4. The molecule has 1 heterocycles. The van der Waals surface area contributed by atoms with E-state index in [4.69, 9.17) is 19.0 Å². The first-order valence-corrected chi connectivity index (χ1v) is 12.5. The van der Waals surface area contributed by atoms with E-state index in [9.17, 15) is 15.0 Å². The average Bonchev–Trinajstić information content (AvgIpc) is 3.30. The molecule has 0 bridgehead atoms. The summed E-state index contributed by atoms with van der Waals surface area (Å²) in [6, 6.07) is 19.9. The van der Waals surface area contributed by atoms with Crippen LogP contribution in [0.15, 0.2) is 71.2 Å². The van der Waals surface area contributed by atoms with Crippen molar-refractivity contribution in [1.82, 2.24) is 5.06 Å². The maximum Gasteiger partial charge on any atom is 0.252 e. The minimum atomic E-state index is -2.08. The predicted octanol–water partition coefficient (Wildman–Crippen LogP) is 3.74. The zero-order valence-electron chi connectivity index (χ0n) is 20.8. The van der Waals surface area contributed by atoms with Crippen molar-refractivity contribution in [2.24, 2.45) is 5.92 Å². The van der Waals surface area contributed by atoms with Gasteiger partial charge in [0.25, 0.3) is 5.91 Å². The molecular formula is C28H28BrNO7. The van der Waals surface area contributed by atoms with Gasteiger partial charge in [0.15, 0.2) is 11.2 Å². The second-order valence-electron chi connectivity index (χ2n) is 9.19. The monoisotopic (exact) mass is 569 g/mol. The van der Waals surface area contributed by atoms with Crippen LogP contribution in [0.1, 0.15) is 22.6 Å². The van der Waals surface area contributed by atoms with Gasteiger partial charge >= 0.3 is 0 Å². The number of hydroxylamine groups is 2. The molecule has 3 aromatic rings. The standard InChI is InChI=1S/C28H28BrNO7/c1-30(36-4)26(32)22-23(16-8-6-5-7-9-16)28(17-10-12-18(29)13-11-17)27(33,25(22)31)24-20(35-3)14-19(34-2)15-21(24)37-28/h5-15,22-23,25,31,33H,1-4H3. The number of rotatable bonds is 6. The molecule has 194 valence electrons. The normalized spacial score (nSPS) is 27.7. The van der Waals surface area contributed by atoms with E-state index in [0.717, 1.165) is 9.54 Å². The predicted molar refractivity (Wildman–Crippen MR) is 138 cm³/mol. The quantitative estimate of drug-likeness (QED) is 0.436. The molecular weight excluding hydrogens is 542 g/mol. The number of carbonyl (C=O) groups excluding carboxylic acids is 1. The van der Waals surface area contributed by atoms with Gasteiger partial charge in [-0.05, 0) is 23.3 Å². The third-order valence-corrected chi connectivity index (χ3v) is 8.11. The fourth-order valence-electron chi connectivity index (χ4n) is 5.94. The van der Waals surface area contributed by atoms with Crippen LogP contribution in [0.5, 0.6) is 17.2 Å². The van der Waals surface area contributed by atoms with Crippen LogP contribution in [-0.2, 0) is 20.8 Å². The highest BCUT2D eigenvalue weighted by atomic mass is 79.9. The number of hydrogen-bond acceptors (Lipinski definition) is 7. The molecule has 5 rings (SSSR count). The van der Waals surface area contributed by atoms with Gasteiger partial charge in [-0.15, -0.1) is 0 Å². The molecule has 37 heavy (non-hydrogen) atoms. The van der Waals surface area contributed by atoms with Crippen molar-refractivity contribution in [3.05, 3.63) is 87.9 Å². The SMILES string of the molecule is COc1cc(OC)c2c(c1)OC1(c3ccc(Br)cc3)C(c3ccccc3)C(C(=O)N(C)OC)C(O)C21O. The lowest BCUT2D eigenvalue weighted by molar-refractivity contribution is -0.181. The highest BCUT2D eigenvalue weighted by Crippen LogP contribution is 2.70. The summed E-state index contributed by atoms with van der Waals surface area (Å²) in [4.78, 5) is 19.0. The van der Waals surface area contributed by atoms with Gasteiger partial charge in [0.1, 0.15) is 23.4 Å². The van der Waals surface area contributed by atoms with Crippen molar-refractivity contribution in [3.63, 3.8) is 0 Å². The van der Waals surface area contributed by atoms with Crippen molar-refractivity contribution in [2.75, 3.05) is 28.4 Å². The molecule has 2 N–H and O–H groups in total. The van der Waals surface area contributed by atoms with Crippen molar-refractivity contribution in [3.8, 4) is 17.2 Å². The summed E-state index contributed by atoms with van der Waals surface area (Å²) in [6.07, 6.45) is -1.59. The molecule has 5 atom stereocenters. The van der Waals surface area contributed by atoms with E-state index < -0.39 is 35.0 Å². The molecule has 1 fully saturated rings. The number of nitrogens with zero attached hydrogens (tertiary/aromatic N) is 1. The summed E-state index contributed by atoms with van der Waals surface area (Å²) in [5, 5.41) is 25.9. The van der Waals surface area contributed by atoms with E-state index in [-0.39, 0.29) is 11.3 Å². The Morgan fingerprint density at radius 3 is 2.30 bits per heavy atom. The number of ether oxygens (including phenoxy) is 3. The minimum Gasteiger partial charge on any atom is -0.496 e. The Kier molecular flexibility index (Phi) is 6.44. The average molecular weight is 570 g/mol. The smallest absolute Gasteiger partial charge is 0.252 e. The van der Waals surface area contributed by atoms with Crippen LogP contribution in [-0.4, -0.2) is 55.7 Å². The first kappa shape index (κ1) is 25.5. The Morgan fingerprint density at radius 1 is 1.03 bits per heavy atom. The first-order chi connectivity index (χ1) is 17.7. The summed E-state index contributed by atoms with van der Waals surface area (Å²) in [5.41, 5.74) is -2.14. The topological polar surface area (TPSA) is 97.7 Å². The zero-order chi connectivity index (χ0) is 26.5. The van der Waals surface area contributed by atoms with Crippen LogP contribution in [0.25, 0.3) is 0 Å². The molecule has 2 aliphatic rings. The molecule has 3 aromatic carbocycles. The molecule has 0 saturated heterocycles.